The van der Waals surface area contributed by atoms with Gasteiger partial charge >= 0.3 is 35.8 Å². The van der Waals surface area contributed by atoms with Crippen LogP contribution >= 0.6 is 0 Å². The van der Waals surface area contributed by atoms with Crippen LogP contribution in [0, 0.1) is 34.0 Å². The van der Waals surface area contributed by atoms with Crippen molar-refractivity contribution in [3.8, 4) is 5.75 Å². The van der Waals surface area contributed by atoms with Gasteiger partial charge in [0.2, 0.25) is 6.10 Å². The number of benzene rings is 4. The van der Waals surface area contributed by atoms with Crippen molar-refractivity contribution in [2.75, 3.05) is 6.61 Å². The first-order valence-corrected chi connectivity index (χ1v) is 30.6. The van der Waals surface area contributed by atoms with E-state index in [0.717, 1.165) is 37.8 Å². The van der Waals surface area contributed by atoms with Crippen LogP contribution in [0.25, 0.3) is 0 Å². The minimum absolute atomic E-state index is 0.0187. The van der Waals surface area contributed by atoms with Crippen molar-refractivity contribution < 1.29 is 91.9 Å². The molecule has 0 radical (unpaired) electrons. The van der Waals surface area contributed by atoms with Crippen LogP contribution in [0.3, 0.4) is 0 Å². The lowest BCUT2D eigenvalue weighted by Gasteiger charge is -2.67. The molecule has 5 N–H and O–H groups in total. The number of esters is 6. The van der Waals surface area contributed by atoms with Crippen molar-refractivity contribution in [2.24, 2.45) is 34.0 Å². The molecule has 1 heterocycles. The minimum Gasteiger partial charge on any atom is -0.508 e. The zero-order valence-corrected chi connectivity index (χ0v) is 50.9. The van der Waals surface area contributed by atoms with E-state index in [1.807, 2.05) is 13.0 Å². The van der Waals surface area contributed by atoms with Crippen LogP contribution in [-0.2, 0) is 68.3 Å². The van der Waals surface area contributed by atoms with Gasteiger partial charge in [0.1, 0.15) is 41.8 Å². The highest BCUT2D eigenvalue weighted by molar-refractivity contribution is 5.96. The Balaban J connectivity index is 0.967. The maximum atomic E-state index is 16.0. The monoisotopic (exact) mass is 1220 g/mol. The molecule has 1 aliphatic heterocycles. The fourth-order valence-corrected chi connectivity index (χ4v) is 16.6. The molecule has 6 aliphatic carbocycles. The summed E-state index contributed by atoms with van der Waals surface area (Å²) in [5, 5.41) is 51.2. The van der Waals surface area contributed by atoms with E-state index in [2.05, 4.69) is 5.32 Å². The zero-order chi connectivity index (χ0) is 63.7. The lowest BCUT2D eigenvalue weighted by molar-refractivity contribution is -0.346. The molecule has 0 aromatic heterocycles. The summed E-state index contributed by atoms with van der Waals surface area (Å²) >= 11 is 0. The number of aliphatic hydroxyl groups is 3. The Kier molecular flexibility index (Phi) is 16.8. The van der Waals surface area contributed by atoms with Gasteiger partial charge in [-0.25, -0.2) is 9.59 Å². The highest BCUT2D eigenvalue weighted by Gasteiger charge is 2.78. The van der Waals surface area contributed by atoms with Gasteiger partial charge in [0.25, 0.3) is 5.91 Å². The minimum atomic E-state index is -2.53. The van der Waals surface area contributed by atoms with Gasteiger partial charge in [-0.15, -0.1) is 0 Å². The molecule has 89 heavy (non-hydrogen) atoms. The van der Waals surface area contributed by atoms with Crippen LogP contribution in [0.15, 0.2) is 120 Å². The molecule has 0 unspecified atom stereocenters. The topological polar surface area (TPSA) is 294 Å². The Morgan fingerprint density at radius 3 is 2.03 bits per heavy atom. The molecular formula is C69H77NO19. The van der Waals surface area contributed by atoms with Crippen molar-refractivity contribution in [1.29, 1.82) is 0 Å². The molecular weight excluding hydrogens is 1150 g/mol. The van der Waals surface area contributed by atoms with Crippen LogP contribution < -0.4 is 5.32 Å². The smallest absolute Gasteiger partial charge is 0.350 e. The maximum absolute atomic E-state index is 16.0. The number of Topliss-reactive ketones (excluding diaryl/α,β-unsaturated/α-hetero) is 1. The molecule has 4 saturated carbocycles. The van der Waals surface area contributed by atoms with E-state index in [-0.39, 0.29) is 64.4 Å². The Morgan fingerprint density at radius 1 is 0.742 bits per heavy atom. The molecule has 11 rings (SSSR count). The molecule has 4 aromatic rings. The molecule has 20 heteroatoms. The average molecular weight is 1220 g/mol. The van der Waals surface area contributed by atoms with Crippen LogP contribution in [-0.4, -0.2) is 135 Å². The van der Waals surface area contributed by atoms with Crippen LogP contribution in [0.2, 0.25) is 0 Å². The SMILES string of the molecule is CC(=O)O[C@H]1C(=O)[C@@]2(C)[C@H]([C@H](OC(=O)c3ccccc3)[C@]3(O)C[C@H](OC(=O)[C@H](OC(=O)CCC(=O)O[C@@H]4C[C@]5(C)[C@@H](O)CC[C@H]5[C@@H]5CCc6cc(O)ccc6[C@H]54)[C@@H](NC(=O)c4ccccc4)c4ccccc4)C(C)=C1C3(C)C)[C@]1(OC(C)=O)CO[C@@H]1C[C@@H]2O. The number of phenols is 1. The number of aromatic hydroxyl groups is 1. The number of fused-ring (bicyclic) bond motifs is 10. The summed E-state index contributed by atoms with van der Waals surface area (Å²) in [4.78, 5) is 116. The van der Waals surface area contributed by atoms with E-state index in [9.17, 15) is 49.2 Å². The van der Waals surface area contributed by atoms with Crippen molar-refractivity contribution in [1.82, 2.24) is 5.32 Å². The van der Waals surface area contributed by atoms with E-state index in [1.165, 1.54) is 52.0 Å². The predicted octanol–water partition coefficient (Wildman–Crippen LogP) is 7.21. The molecule has 4 aromatic carbocycles. The van der Waals surface area contributed by atoms with E-state index < -0.39 is 155 Å². The van der Waals surface area contributed by atoms with Crippen molar-refractivity contribution in [3.05, 3.63) is 148 Å². The number of phenolic OH excluding ortho intramolecular Hbond substituents is 1. The predicted molar refractivity (Wildman–Crippen MR) is 315 cm³/mol. The number of aliphatic hydroxyl groups excluding tert-OH is 2. The summed E-state index contributed by atoms with van der Waals surface area (Å²) < 4.78 is 43.7. The summed E-state index contributed by atoms with van der Waals surface area (Å²) in [5.41, 5.74) is -6.54. The quantitative estimate of drug-likeness (QED) is 0.0446. The van der Waals surface area contributed by atoms with Crippen molar-refractivity contribution in [3.63, 3.8) is 0 Å². The zero-order valence-electron chi connectivity index (χ0n) is 50.9. The number of carbonyl (C=O) groups is 8. The summed E-state index contributed by atoms with van der Waals surface area (Å²) in [6.45, 7) is 9.80. The van der Waals surface area contributed by atoms with E-state index in [4.69, 9.17) is 33.2 Å². The fraction of sp³-hybridized carbons (Fsp3) is 0.507. The third-order valence-corrected chi connectivity index (χ3v) is 21.1. The van der Waals surface area contributed by atoms with Crippen LogP contribution in [0.5, 0.6) is 5.75 Å². The van der Waals surface area contributed by atoms with E-state index in [1.54, 1.807) is 78.9 Å². The molecule has 1 saturated heterocycles. The second kappa shape index (κ2) is 23.9. The molecule has 7 aliphatic rings. The Hall–Kier alpha value is -7.78. The number of ketones is 1. The highest BCUT2D eigenvalue weighted by Crippen LogP contribution is 2.65. The van der Waals surface area contributed by atoms with Crippen LogP contribution in [0.1, 0.15) is 149 Å². The second-order valence-electron chi connectivity index (χ2n) is 26.4. The number of rotatable bonds is 15. The van der Waals surface area contributed by atoms with Gasteiger partial charge in [-0.3, -0.25) is 28.8 Å². The van der Waals surface area contributed by atoms with E-state index >= 15 is 9.59 Å². The summed E-state index contributed by atoms with van der Waals surface area (Å²) in [5.74, 6) is -9.07. The Labute approximate surface area is 515 Å². The number of amides is 1. The third kappa shape index (κ3) is 10.9. The molecule has 17 atom stereocenters. The largest absolute Gasteiger partial charge is 0.508 e. The molecule has 472 valence electrons. The molecule has 5 fully saturated rings. The summed E-state index contributed by atoms with van der Waals surface area (Å²) in [6, 6.07) is 27.6. The normalized spacial score (nSPS) is 33.6. The lowest BCUT2D eigenvalue weighted by Crippen LogP contribution is -2.82. The second-order valence-corrected chi connectivity index (χ2v) is 26.4. The average Bonchev–Trinajstić information content (AvgIpc) is 1.52. The number of nitrogens with one attached hydrogen (secondary N) is 1. The van der Waals surface area contributed by atoms with Crippen molar-refractivity contribution in [2.45, 2.75) is 178 Å². The number of hydrogen-bond acceptors (Lipinski definition) is 19. The lowest BCUT2D eigenvalue weighted by atomic mass is 9.44. The number of aryl methyl sites for hydroxylation is 1. The van der Waals surface area contributed by atoms with E-state index in [0.29, 0.717) is 19.3 Å². The number of ether oxygens (including phenoxy) is 7. The van der Waals surface area contributed by atoms with Gasteiger partial charge in [-0.1, -0.05) is 93.6 Å². The molecule has 20 nitrogen and oxygen atoms in total. The number of carbonyl (C=O) groups excluding carboxylic acids is 8. The molecule has 2 bridgehead atoms. The van der Waals surface area contributed by atoms with Gasteiger partial charge in [-0.05, 0) is 122 Å². The Bertz CT molecular complexity index is 3480. The molecule has 1 amide bonds. The van der Waals surface area contributed by atoms with Gasteiger partial charge < -0.3 is 58.9 Å². The standard InChI is InChI=1S/C69H77NO19/c1-36-47(34-69(82)61(88-63(80)41-21-15-10-16-22-41)59-67(7,50(75)32-51-68(59,35-83-51)89-38(3)72)60(78)57(84-37(2)71)55(36)65(69,4)5)86-64(81)58(56(39-17-11-8-12-18-39)70-62(79)40-19-13-9-14-20-40)87-53(77)30-29-52(76)85-48-33-66(6)46(27-28-49(66)74)45-25-23-42-31-43(73)24-26-44(42)54(45)48/h8-22,24,26,31,45-51,54,56-59,61,73-75,82H,23,25,27-30,32-35H2,1-7H3,(H,70,79)/t45-,46-,47-,48+,49-,50-,51+,54+,56-,57+,58+,59-,61-,66-,67+,68-,69+/m0/s1. The summed E-state index contributed by atoms with van der Waals surface area (Å²) in [6.07, 6.45) is -10.5. The Morgan fingerprint density at radius 2 is 1.39 bits per heavy atom. The first-order valence-electron chi connectivity index (χ1n) is 30.6. The first kappa shape index (κ1) is 62.8. The van der Waals surface area contributed by atoms with Gasteiger partial charge in [-0.2, -0.15) is 0 Å². The van der Waals surface area contributed by atoms with Crippen LogP contribution in [0.4, 0.5) is 0 Å². The van der Waals surface area contributed by atoms with Gasteiger partial charge in [0.05, 0.1) is 48.6 Å². The fourth-order valence-electron chi connectivity index (χ4n) is 16.6. The number of hydrogen-bond donors (Lipinski definition) is 5. The van der Waals surface area contributed by atoms with Gasteiger partial charge in [0.15, 0.2) is 17.5 Å². The van der Waals surface area contributed by atoms with Gasteiger partial charge in [0, 0.05) is 49.0 Å². The first-order chi connectivity index (χ1) is 42.2. The highest BCUT2D eigenvalue weighted by atomic mass is 16.6. The molecule has 0 spiro atoms. The van der Waals surface area contributed by atoms with Crippen molar-refractivity contribution >= 4 is 47.5 Å². The maximum Gasteiger partial charge on any atom is 0.350 e. The third-order valence-electron chi connectivity index (χ3n) is 21.1. The summed E-state index contributed by atoms with van der Waals surface area (Å²) in [7, 11) is 0.